The Balaban J connectivity index is 1.30. The number of nitrogens with one attached hydrogen (secondary N) is 2. The molecule has 2 aromatic rings. The molecule has 1 aliphatic rings. The highest BCUT2D eigenvalue weighted by atomic mass is 79.9. The molecule has 0 bridgehead atoms. The van der Waals surface area contributed by atoms with Crippen LogP contribution < -0.4 is 10.6 Å². The first-order chi connectivity index (χ1) is 11.2. The van der Waals surface area contributed by atoms with Crippen molar-refractivity contribution in [1.29, 1.82) is 0 Å². The van der Waals surface area contributed by atoms with Crippen molar-refractivity contribution >= 4 is 33.4 Å². The average molecular weight is 395 g/mol. The zero-order valence-corrected chi connectivity index (χ0v) is 15.0. The number of carbonyl (C=O) groups is 1. The molecule has 0 spiro atoms. The van der Waals surface area contributed by atoms with E-state index in [0.29, 0.717) is 12.6 Å². The van der Waals surface area contributed by atoms with Crippen LogP contribution in [0.4, 0.5) is 4.79 Å². The van der Waals surface area contributed by atoms with E-state index >= 15 is 0 Å². The number of carbonyl (C=O) groups excluding carboxylic acids is 1. The van der Waals surface area contributed by atoms with E-state index in [-0.39, 0.29) is 12.1 Å². The van der Waals surface area contributed by atoms with Crippen molar-refractivity contribution < 1.29 is 9.53 Å². The maximum absolute atomic E-state index is 11.8. The molecule has 23 heavy (non-hydrogen) atoms. The molecule has 0 saturated heterocycles. The van der Waals surface area contributed by atoms with Crippen LogP contribution in [0.15, 0.2) is 46.3 Å². The summed E-state index contributed by atoms with van der Waals surface area (Å²) >= 11 is 5.20. The quantitative estimate of drug-likeness (QED) is 0.776. The van der Waals surface area contributed by atoms with E-state index in [2.05, 4.69) is 38.0 Å². The maximum Gasteiger partial charge on any atom is 0.407 e. The Bertz CT molecular complexity index is 641. The molecule has 1 amide bonds. The third kappa shape index (κ3) is 5.06. The minimum absolute atomic E-state index is 0.214. The van der Waals surface area contributed by atoms with Gasteiger partial charge in [-0.2, -0.15) is 0 Å². The van der Waals surface area contributed by atoms with Crippen LogP contribution in [0.25, 0.3) is 0 Å². The van der Waals surface area contributed by atoms with Crippen LogP contribution in [0, 0.1) is 0 Å². The largest absolute Gasteiger partial charge is 0.445 e. The SMILES string of the molecule is O=C(NC1CC(NCc2cc(Br)cs2)C1)OCc1ccccc1. The number of thiophene rings is 1. The Morgan fingerprint density at radius 2 is 2.04 bits per heavy atom. The molecule has 122 valence electrons. The summed E-state index contributed by atoms with van der Waals surface area (Å²) in [5.41, 5.74) is 0.998. The number of hydrogen-bond donors (Lipinski definition) is 2. The van der Waals surface area contributed by atoms with Crippen LogP contribution in [0.2, 0.25) is 0 Å². The molecule has 1 fully saturated rings. The van der Waals surface area contributed by atoms with Gasteiger partial charge in [-0.3, -0.25) is 0 Å². The number of ether oxygens (including phenoxy) is 1. The van der Waals surface area contributed by atoms with Crippen LogP contribution in [-0.4, -0.2) is 18.2 Å². The number of halogens is 1. The number of amides is 1. The van der Waals surface area contributed by atoms with E-state index in [4.69, 9.17) is 4.74 Å². The summed E-state index contributed by atoms with van der Waals surface area (Å²) in [6.07, 6.45) is 1.57. The second-order valence-corrected chi connectivity index (χ2v) is 7.59. The van der Waals surface area contributed by atoms with Crippen molar-refractivity contribution in [1.82, 2.24) is 10.6 Å². The van der Waals surface area contributed by atoms with Gasteiger partial charge in [-0.15, -0.1) is 11.3 Å². The van der Waals surface area contributed by atoms with Gasteiger partial charge < -0.3 is 15.4 Å². The predicted octanol–water partition coefficient (Wildman–Crippen LogP) is 4.06. The second kappa shape index (κ2) is 7.95. The highest BCUT2D eigenvalue weighted by Gasteiger charge is 2.30. The summed E-state index contributed by atoms with van der Waals surface area (Å²) in [4.78, 5) is 13.1. The number of hydrogen-bond acceptors (Lipinski definition) is 4. The molecule has 1 saturated carbocycles. The lowest BCUT2D eigenvalue weighted by Crippen LogP contribution is -2.52. The van der Waals surface area contributed by atoms with E-state index in [1.54, 1.807) is 11.3 Å². The fourth-order valence-corrected chi connectivity index (χ4v) is 3.93. The van der Waals surface area contributed by atoms with Gasteiger partial charge in [-0.1, -0.05) is 30.3 Å². The summed E-state index contributed by atoms with van der Waals surface area (Å²) in [6, 6.07) is 12.5. The third-order valence-electron chi connectivity index (χ3n) is 3.86. The molecule has 6 heteroatoms. The van der Waals surface area contributed by atoms with Gasteiger partial charge in [0.25, 0.3) is 0 Å². The van der Waals surface area contributed by atoms with Gasteiger partial charge in [-0.05, 0) is 40.4 Å². The Kier molecular flexibility index (Phi) is 5.70. The van der Waals surface area contributed by atoms with E-state index in [1.165, 1.54) is 4.88 Å². The van der Waals surface area contributed by atoms with Gasteiger partial charge in [-0.25, -0.2) is 4.79 Å². The standard InChI is InChI=1S/C17H19BrN2O2S/c18-13-6-16(23-11-13)9-19-14-7-15(8-14)20-17(21)22-10-12-4-2-1-3-5-12/h1-6,11,14-15,19H,7-10H2,(H,20,21). The first kappa shape index (κ1) is 16.5. The van der Waals surface area contributed by atoms with Gasteiger partial charge >= 0.3 is 6.09 Å². The maximum atomic E-state index is 11.8. The highest BCUT2D eigenvalue weighted by molar-refractivity contribution is 9.10. The molecule has 0 radical (unpaired) electrons. The first-order valence-electron chi connectivity index (χ1n) is 7.62. The average Bonchev–Trinajstić information content (AvgIpc) is 2.94. The van der Waals surface area contributed by atoms with Crippen LogP contribution in [0.1, 0.15) is 23.3 Å². The van der Waals surface area contributed by atoms with E-state index in [9.17, 15) is 4.79 Å². The molecule has 3 rings (SSSR count). The van der Waals surface area contributed by atoms with Crippen LogP contribution in [-0.2, 0) is 17.9 Å². The molecular weight excluding hydrogens is 376 g/mol. The lowest BCUT2D eigenvalue weighted by atomic mass is 9.87. The van der Waals surface area contributed by atoms with Gasteiger partial charge in [0, 0.05) is 33.4 Å². The summed E-state index contributed by atoms with van der Waals surface area (Å²) in [5.74, 6) is 0. The molecular formula is C17H19BrN2O2S. The Morgan fingerprint density at radius 1 is 1.26 bits per heavy atom. The Labute approximate surface area is 148 Å². The molecule has 0 aliphatic heterocycles. The van der Waals surface area contributed by atoms with Crippen molar-refractivity contribution in [2.24, 2.45) is 0 Å². The smallest absolute Gasteiger partial charge is 0.407 e. The van der Waals surface area contributed by atoms with Crippen LogP contribution in [0.5, 0.6) is 0 Å². The number of benzene rings is 1. The van der Waals surface area contributed by atoms with Crippen molar-refractivity contribution in [2.75, 3.05) is 0 Å². The van der Waals surface area contributed by atoms with Gasteiger partial charge in [0.2, 0.25) is 0 Å². The molecule has 0 unspecified atom stereocenters. The van der Waals surface area contributed by atoms with E-state index < -0.39 is 0 Å². The lowest BCUT2D eigenvalue weighted by Gasteiger charge is -2.36. The molecule has 1 heterocycles. The summed E-state index contributed by atoms with van der Waals surface area (Å²) in [5, 5.41) is 8.51. The lowest BCUT2D eigenvalue weighted by molar-refractivity contribution is 0.125. The van der Waals surface area contributed by atoms with Crippen LogP contribution >= 0.6 is 27.3 Å². The molecule has 4 nitrogen and oxygen atoms in total. The van der Waals surface area contributed by atoms with E-state index in [0.717, 1.165) is 29.4 Å². The summed E-state index contributed by atoms with van der Waals surface area (Å²) < 4.78 is 6.36. The third-order valence-corrected chi connectivity index (χ3v) is 5.56. The van der Waals surface area contributed by atoms with Gasteiger partial charge in [0.05, 0.1) is 0 Å². The predicted molar refractivity (Wildman–Crippen MR) is 95.4 cm³/mol. The Morgan fingerprint density at radius 3 is 2.74 bits per heavy atom. The molecule has 0 atom stereocenters. The zero-order chi connectivity index (χ0) is 16.1. The van der Waals surface area contributed by atoms with Crippen molar-refractivity contribution in [3.63, 3.8) is 0 Å². The first-order valence-corrected chi connectivity index (χ1v) is 9.30. The topological polar surface area (TPSA) is 50.4 Å². The fraction of sp³-hybridized carbons (Fsp3) is 0.353. The zero-order valence-electron chi connectivity index (χ0n) is 12.6. The van der Waals surface area contributed by atoms with Crippen molar-refractivity contribution in [3.8, 4) is 0 Å². The van der Waals surface area contributed by atoms with E-state index in [1.807, 2.05) is 30.3 Å². The number of rotatable bonds is 6. The Hall–Kier alpha value is -1.37. The molecule has 2 N–H and O–H groups in total. The minimum atomic E-state index is -0.334. The minimum Gasteiger partial charge on any atom is -0.445 e. The molecule has 1 aliphatic carbocycles. The number of alkyl carbamates (subject to hydrolysis) is 1. The van der Waals surface area contributed by atoms with Crippen molar-refractivity contribution in [3.05, 3.63) is 56.7 Å². The monoisotopic (exact) mass is 394 g/mol. The highest BCUT2D eigenvalue weighted by Crippen LogP contribution is 2.23. The molecule has 1 aromatic heterocycles. The normalized spacial score (nSPS) is 19.9. The second-order valence-electron chi connectivity index (χ2n) is 5.68. The van der Waals surface area contributed by atoms with Gasteiger partial charge in [0.1, 0.15) is 6.61 Å². The fourth-order valence-electron chi connectivity index (χ4n) is 2.53. The van der Waals surface area contributed by atoms with Crippen molar-refractivity contribution in [2.45, 2.75) is 38.1 Å². The molecule has 1 aromatic carbocycles. The van der Waals surface area contributed by atoms with Crippen LogP contribution in [0.3, 0.4) is 0 Å². The summed E-state index contributed by atoms with van der Waals surface area (Å²) in [7, 11) is 0. The summed E-state index contributed by atoms with van der Waals surface area (Å²) in [6.45, 7) is 1.19. The van der Waals surface area contributed by atoms with Gasteiger partial charge in [0.15, 0.2) is 0 Å².